The minimum absolute atomic E-state index is 0. The van der Waals surface area contributed by atoms with Crippen LogP contribution in [0.15, 0.2) is 24.5 Å². The minimum Gasteiger partial charge on any atom is -0.321 e. The second-order valence-corrected chi connectivity index (χ2v) is 4.09. The molecule has 0 aromatic carbocycles. The maximum Gasteiger partial charge on any atom is 0.150 e. The molecule has 0 amide bonds. The highest BCUT2D eigenvalue weighted by molar-refractivity contribution is 5.85. The van der Waals surface area contributed by atoms with Crippen molar-refractivity contribution in [2.75, 3.05) is 0 Å². The van der Waals surface area contributed by atoms with Crippen LogP contribution in [0.25, 0.3) is 0 Å². The first kappa shape index (κ1) is 15.1. The number of carbonyl (C=O) groups is 1. The highest BCUT2D eigenvalue weighted by Crippen LogP contribution is 2.06. The molecule has 1 aromatic heterocycles. The van der Waals surface area contributed by atoms with Gasteiger partial charge < -0.3 is 5.73 Å². The Balaban J connectivity index is 0.00000225. The third-order valence-electron chi connectivity index (χ3n) is 2.50. The summed E-state index contributed by atoms with van der Waals surface area (Å²) in [4.78, 5) is 15.5. The molecule has 0 bridgehead atoms. The van der Waals surface area contributed by atoms with Crippen molar-refractivity contribution in [2.24, 2.45) is 11.7 Å². The average Bonchev–Trinajstić information content (AvgIpc) is 2.26. The standard InChI is InChI=1S/C12H18N2O.ClH/c1-9(2)12(13)11(15)4-3-10-5-7-14-8-6-10;/h5-9,12H,3-4,13H2,1-2H3;1H/t12-;/m1./s1. The summed E-state index contributed by atoms with van der Waals surface area (Å²) < 4.78 is 0. The predicted molar refractivity (Wildman–Crippen MR) is 67.6 cm³/mol. The minimum atomic E-state index is -0.327. The Bertz CT molecular complexity index is 314. The molecule has 4 heteroatoms. The lowest BCUT2D eigenvalue weighted by Gasteiger charge is -2.13. The number of nitrogens with two attached hydrogens (primary N) is 1. The van der Waals surface area contributed by atoms with Crippen LogP contribution in [-0.2, 0) is 11.2 Å². The van der Waals surface area contributed by atoms with Crippen LogP contribution in [0.2, 0.25) is 0 Å². The van der Waals surface area contributed by atoms with Crippen molar-refractivity contribution in [3.8, 4) is 0 Å². The largest absolute Gasteiger partial charge is 0.321 e. The second kappa shape index (κ2) is 7.36. The maximum absolute atomic E-state index is 11.6. The van der Waals surface area contributed by atoms with E-state index >= 15 is 0 Å². The van der Waals surface area contributed by atoms with Crippen LogP contribution in [0.4, 0.5) is 0 Å². The molecular weight excluding hydrogens is 224 g/mol. The Kier molecular flexibility index (Phi) is 6.93. The van der Waals surface area contributed by atoms with Gasteiger partial charge in [-0.2, -0.15) is 0 Å². The van der Waals surface area contributed by atoms with Crippen LogP contribution in [0.3, 0.4) is 0 Å². The molecule has 1 rings (SSSR count). The van der Waals surface area contributed by atoms with Gasteiger partial charge in [-0.25, -0.2) is 0 Å². The first-order chi connectivity index (χ1) is 7.11. The highest BCUT2D eigenvalue weighted by atomic mass is 35.5. The van der Waals surface area contributed by atoms with Crippen LogP contribution in [0.1, 0.15) is 25.8 Å². The van der Waals surface area contributed by atoms with Gasteiger partial charge >= 0.3 is 0 Å². The number of rotatable bonds is 5. The van der Waals surface area contributed by atoms with E-state index in [1.165, 1.54) is 0 Å². The molecule has 0 aliphatic heterocycles. The SMILES string of the molecule is CC(C)[C@@H](N)C(=O)CCc1ccncc1.Cl. The van der Waals surface area contributed by atoms with Crippen LogP contribution < -0.4 is 5.73 Å². The fourth-order valence-electron chi connectivity index (χ4n) is 1.36. The van der Waals surface area contributed by atoms with Crippen molar-refractivity contribution in [1.29, 1.82) is 0 Å². The molecule has 1 heterocycles. The van der Waals surface area contributed by atoms with E-state index < -0.39 is 0 Å². The summed E-state index contributed by atoms with van der Waals surface area (Å²) in [5.41, 5.74) is 6.90. The number of nitrogens with zero attached hydrogens (tertiary/aromatic N) is 1. The van der Waals surface area contributed by atoms with E-state index in [2.05, 4.69) is 4.98 Å². The Morgan fingerprint density at radius 1 is 1.38 bits per heavy atom. The lowest BCUT2D eigenvalue weighted by atomic mass is 9.97. The number of aryl methyl sites for hydroxylation is 1. The summed E-state index contributed by atoms with van der Waals surface area (Å²) in [6.07, 6.45) is 4.75. The Morgan fingerprint density at radius 3 is 2.44 bits per heavy atom. The molecule has 2 N–H and O–H groups in total. The van der Waals surface area contributed by atoms with Crippen molar-refractivity contribution in [3.05, 3.63) is 30.1 Å². The van der Waals surface area contributed by atoms with Crippen molar-refractivity contribution >= 4 is 18.2 Å². The summed E-state index contributed by atoms with van der Waals surface area (Å²) in [6, 6.07) is 3.52. The van der Waals surface area contributed by atoms with E-state index in [-0.39, 0.29) is 30.2 Å². The average molecular weight is 243 g/mol. The fraction of sp³-hybridized carbons (Fsp3) is 0.500. The van der Waals surface area contributed by atoms with Gasteiger partial charge in [0.25, 0.3) is 0 Å². The number of carbonyl (C=O) groups excluding carboxylic acids is 1. The van der Waals surface area contributed by atoms with Crippen LogP contribution in [-0.4, -0.2) is 16.8 Å². The Hall–Kier alpha value is -0.930. The van der Waals surface area contributed by atoms with Gasteiger partial charge in [0.1, 0.15) is 5.78 Å². The van der Waals surface area contributed by atoms with Gasteiger partial charge in [0.15, 0.2) is 0 Å². The zero-order valence-corrected chi connectivity index (χ0v) is 10.5. The van der Waals surface area contributed by atoms with Gasteiger partial charge in [-0.05, 0) is 30.0 Å². The normalized spacial score (nSPS) is 12.0. The smallest absolute Gasteiger partial charge is 0.150 e. The monoisotopic (exact) mass is 242 g/mol. The molecule has 0 spiro atoms. The first-order valence-electron chi connectivity index (χ1n) is 5.28. The summed E-state index contributed by atoms with van der Waals surface area (Å²) >= 11 is 0. The molecule has 1 atom stereocenters. The van der Waals surface area contributed by atoms with E-state index in [9.17, 15) is 4.79 Å². The Labute approximate surface area is 103 Å². The summed E-state index contributed by atoms with van der Waals surface area (Å²) in [6.45, 7) is 3.93. The molecule has 90 valence electrons. The zero-order valence-electron chi connectivity index (χ0n) is 9.72. The van der Waals surface area contributed by atoms with E-state index in [1.54, 1.807) is 12.4 Å². The summed E-state index contributed by atoms with van der Waals surface area (Å²) in [5.74, 6) is 0.358. The van der Waals surface area contributed by atoms with Gasteiger partial charge in [-0.1, -0.05) is 13.8 Å². The van der Waals surface area contributed by atoms with E-state index in [1.807, 2.05) is 26.0 Å². The number of Topliss-reactive ketones (excluding diaryl/α,β-unsaturated/α-hetero) is 1. The zero-order chi connectivity index (χ0) is 11.3. The van der Waals surface area contributed by atoms with E-state index in [0.29, 0.717) is 6.42 Å². The number of halogens is 1. The first-order valence-corrected chi connectivity index (χ1v) is 5.28. The molecule has 3 nitrogen and oxygen atoms in total. The van der Waals surface area contributed by atoms with Gasteiger partial charge in [-0.3, -0.25) is 9.78 Å². The molecule has 0 saturated carbocycles. The van der Waals surface area contributed by atoms with Gasteiger partial charge in [-0.15, -0.1) is 12.4 Å². The van der Waals surface area contributed by atoms with Gasteiger partial charge in [0.2, 0.25) is 0 Å². The number of hydrogen-bond donors (Lipinski definition) is 1. The molecule has 0 aliphatic rings. The summed E-state index contributed by atoms with van der Waals surface area (Å²) in [7, 11) is 0. The van der Waals surface area contributed by atoms with Crippen LogP contribution in [0, 0.1) is 5.92 Å². The molecule has 0 aliphatic carbocycles. The van der Waals surface area contributed by atoms with Crippen molar-refractivity contribution in [3.63, 3.8) is 0 Å². The fourth-order valence-corrected chi connectivity index (χ4v) is 1.36. The van der Waals surface area contributed by atoms with Crippen molar-refractivity contribution in [1.82, 2.24) is 4.98 Å². The molecule has 16 heavy (non-hydrogen) atoms. The molecular formula is C12H19ClN2O. The van der Waals surface area contributed by atoms with Crippen molar-refractivity contribution < 1.29 is 4.79 Å². The number of pyridine rings is 1. The molecule has 1 aromatic rings. The topological polar surface area (TPSA) is 56.0 Å². The molecule has 0 radical (unpaired) electrons. The van der Waals surface area contributed by atoms with Crippen LogP contribution in [0.5, 0.6) is 0 Å². The Morgan fingerprint density at radius 2 is 1.94 bits per heavy atom. The number of ketones is 1. The molecule has 0 saturated heterocycles. The lowest BCUT2D eigenvalue weighted by molar-refractivity contribution is -0.121. The quantitative estimate of drug-likeness (QED) is 0.859. The highest BCUT2D eigenvalue weighted by Gasteiger charge is 2.16. The third kappa shape index (κ3) is 4.73. The van der Waals surface area contributed by atoms with E-state index in [4.69, 9.17) is 5.73 Å². The third-order valence-corrected chi connectivity index (χ3v) is 2.50. The van der Waals surface area contributed by atoms with Crippen LogP contribution >= 0.6 is 12.4 Å². The lowest BCUT2D eigenvalue weighted by Crippen LogP contribution is -2.35. The number of hydrogen-bond acceptors (Lipinski definition) is 3. The maximum atomic E-state index is 11.6. The molecule has 0 fully saturated rings. The predicted octanol–water partition coefficient (Wildman–Crippen LogP) is 1.99. The van der Waals surface area contributed by atoms with E-state index in [0.717, 1.165) is 12.0 Å². The number of aromatic nitrogens is 1. The summed E-state index contributed by atoms with van der Waals surface area (Å²) in [5, 5.41) is 0. The second-order valence-electron chi connectivity index (χ2n) is 4.09. The molecule has 0 unspecified atom stereocenters. The van der Waals surface area contributed by atoms with Gasteiger partial charge in [0.05, 0.1) is 6.04 Å². The van der Waals surface area contributed by atoms with Crippen molar-refractivity contribution in [2.45, 2.75) is 32.7 Å². The van der Waals surface area contributed by atoms with Gasteiger partial charge in [0, 0.05) is 18.8 Å².